The molecule has 0 aliphatic carbocycles. The van der Waals surface area contributed by atoms with Crippen LogP contribution >= 0.6 is 0 Å². The first-order valence-corrected chi connectivity index (χ1v) is 9.77. The molecule has 1 N–H and O–H groups in total. The number of carbonyl (C=O) groups excluding carboxylic acids is 3. The van der Waals surface area contributed by atoms with Crippen LogP contribution in [0.4, 0.5) is 10.5 Å². The standard InChI is InChI=1S/C20H24N6O3/c1-12(2)25-10-15(22-23-25)9-16-19(28)24(20(29)21-16)11-18(27)26-13(3)8-14-6-4-5-7-17(14)26/h4-7,10,12-13,16H,8-9,11H2,1-3H3,(H,21,29)/t13-,16-/m0/s1. The maximum atomic E-state index is 12.9. The third-order valence-electron chi connectivity index (χ3n) is 5.38. The first-order chi connectivity index (χ1) is 13.8. The summed E-state index contributed by atoms with van der Waals surface area (Å²) in [5.41, 5.74) is 2.56. The second-order valence-corrected chi connectivity index (χ2v) is 7.86. The lowest BCUT2D eigenvalue weighted by Gasteiger charge is -2.24. The Morgan fingerprint density at radius 1 is 1.28 bits per heavy atom. The fourth-order valence-corrected chi connectivity index (χ4v) is 3.89. The lowest BCUT2D eigenvalue weighted by molar-refractivity contribution is -0.131. The average molecular weight is 396 g/mol. The molecule has 0 saturated carbocycles. The zero-order chi connectivity index (χ0) is 20.7. The van der Waals surface area contributed by atoms with Crippen molar-refractivity contribution in [1.29, 1.82) is 0 Å². The van der Waals surface area contributed by atoms with Crippen LogP contribution in [0.1, 0.15) is 38.1 Å². The Labute approximate surface area is 168 Å². The van der Waals surface area contributed by atoms with Gasteiger partial charge in [-0.1, -0.05) is 23.4 Å². The Kier molecular flexibility index (Phi) is 4.81. The normalized spacial score (nSPS) is 21.1. The molecule has 29 heavy (non-hydrogen) atoms. The van der Waals surface area contributed by atoms with Crippen molar-refractivity contribution in [2.45, 2.75) is 51.7 Å². The van der Waals surface area contributed by atoms with E-state index in [1.807, 2.05) is 45.0 Å². The molecule has 4 amide bonds. The highest BCUT2D eigenvalue weighted by atomic mass is 16.2. The minimum Gasteiger partial charge on any atom is -0.325 e. The summed E-state index contributed by atoms with van der Waals surface area (Å²) in [7, 11) is 0. The maximum absolute atomic E-state index is 12.9. The number of imide groups is 1. The van der Waals surface area contributed by atoms with Crippen molar-refractivity contribution in [3.8, 4) is 0 Å². The number of benzene rings is 1. The minimum atomic E-state index is -0.740. The number of nitrogens with zero attached hydrogens (tertiary/aromatic N) is 5. The molecule has 152 valence electrons. The van der Waals surface area contributed by atoms with Gasteiger partial charge in [0.25, 0.3) is 5.91 Å². The van der Waals surface area contributed by atoms with Crippen LogP contribution in [0, 0.1) is 0 Å². The quantitative estimate of drug-likeness (QED) is 0.768. The highest BCUT2D eigenvalue weighted by molar-refractivity contribution is 6.08. The molecular weight excluding hydrogens is 372 g/mol. The van der Waals surface area contributed by atoms with E-state index in [1.165, 1.54) is 0 Å². The number of hydrogen-bond acceptors (Lipinski definition) is 5. The molecule has 9 heteroatoms. The molecule has 3 heterocycles. The van der Waals surface area contributed by atoms with Crippen LogP contribution in [0.3, 0.4) is 0 Å². The maximum Gasteiger partial charge on any atom is 0.325 e. The Morgan fingerprint density at radius 3 is 2.76 bits per heavy atom. The number of rotatable bonds is 5. The van der Waals surface area contributed by atoms with Crippen molar-refractivity contribution < 1.29 is 14.4 Å². The summed E-state index contributed by atoms with van der Waals surface area (Å²) in [6.07, 6.45) is 2.77. The number of amides is 4. The van der Waals surface area contributed by atoms with Gasteiger partial charge in [-0.15, -0.1) is 5.10 Å². The van der Waals surface area contributed by atoms with Gasteiger partial charge in [0, 0.05) is 30.4 Å². The van der Waals surface area contributed by atoms with Crippen LogP contribution in [-0.2, 0) is 22.4 Å². The molecule has 4 rings (SSSR count). The number of fused-ring (bicyclic) bond motifs is 1. The van der Waals surface area contributed by atoms with E-state index in [9.17, 15) is 14.4 Å². The van der Waals surface area contributed by atoms with Crippen molar-refractivity contribution in [3.05, 3.63) is 41.7 Å². The smallest absolute Gasteiger partial charge is 0.325 e. The molecule has 1 fully saturated rings. The van der Waals surface area contributed by atoms with Gasteiger partial charge in [0.2, 0.25) is 5.91 Å². The van der Waals surface area contributed by atoms with E-state index in [-0.39, 0.29) is 31.0 Å². The number of anilines is 1. The Hall–Kier alpha value is -3.23. The highest BCUT2D eigenvalue weighted by Gasteiger charge is 2.41. The fraction of sp³-hybridized carbons (Fsp3) is 0.450. The third kappa shape index (κ3) is 3.48. The molecule has 9 nitrogen and oxygen atoms in total. The molecule has 1 aromatic carbocycles. The lowest BCUT2D eigenvalue weighted by Crippen LogP contribution is -2.45. The number of hydrogen-bond donors (Lipinski definition) is 1. The average Bonchev–Trinajstić information content (AvgIpc) is 3.34. The molecule has 0 unspecified atom stereocenters. The van der Waals surface area contributed by atoms with Crippen molar-refractivity contribution in [1.82, 2.24) is 25.2 Å². The van der Waals surface area contributed by atoms with E-state index < -0.39 is 18.0 Å². The van der Waals surface area contributed by atoms with Gasteiger partial charge >= 0.3 is 6.03 Å². The van der Waals surface area contributed by atoms with Crippen LogP contribution < -0.4 is 10.2 Å². The van der Waals surface area contributed by atoms with Gasteiger partial charge < -0.3 is 10.2 Å². The summed E-state index contributed by atoms with van der Waals surface area (Å²) in [6.45, 7) is 5.64. The molecule has 2 aromatic rings. The molecule has 0 radical (unpaired) electrons. The summed E-state index contributed by atoms with van der Waals surface area (Å²) in [4.78, 5) is 40.7. The fourth-order valence-electron chi connectivity index (χ4n) is 3.89. The Morgan fingerprint density at radius 2 is 2.03 bits per heavy atom. The van der Waals surface area contributed by atoms with Gasteiger partial charge in [0.1, 0.15) is 12.6 Å². The molecule has 1 aromatic heterocycles. The summed E-state index contributed by atoms with van der Waals surface area (Å²) in [5.74, 6) is -0.681. The summed E-state index contributed by atoms with van der Waals surface area (Å²) < 4.78 is 1.70. The predicted molar refractivity (Wildman–Crippen MR) is 105 cm³/mol. The van der Waals surface area contributed by atoms with Gasteiger partial charge in [-0.25, -0.2) is 9.48 Å². The van der Waals surface area contributed by atoms with Crippen LogP contribution in [0.25, 0.3) is 0 Å². The Bertz CT molecular complexity index is 969. The predicted octanol–water partition coefficient (Wildman–Crippen LogP) is 1.30. The van der Waals surface area contributed by atoms with E-state index in [2.05, 4.69) is 15.6 Å². The molecular formula is C20H24N6O3. The van der Waals surface area contributed by atoms with Crippen molar-refractivity contribution >= 4 is 23.5 Å². The molecule has 0 bridgehead atoms. The van der Waals surface area contributed by atoms with E-state index in [0.29, 0.717) is 5.69 Å². The lowest BCUT2D eigenvalue weighted by atomic mass is 10.1. The number of carbonyl (C=O) groups is 3. The van der Waals surface area contributed by atoms with Crippen molar-refractivity contribution in [2.75, 3.05) is 11.4 Å². The van der Waals surface area contributed by atoms with Crippen LogP contribution in [0.15, 0.2) is 30.5 Å². The van der Waals surface area contributed by atoms with E-state index in [0.717, 1.165) is 22.6 Å². The number of aromatic nitrogens is 3. The minimum absolute atomic E-state index is 0.0115. The SMILES string of the molecule is CC(C)n1cc(C[C@@H]2NC(=O)N(CC(=O)N3c4ccccc4C[C@@H]3C)C2=O)nn1. The van der Waals surface area contributed by atoms with Gasteiger partial charge in [0.05, 0.1) is 5.69 Å². The van der Waals surface area contributed by atoms with E-state index >= 15 is 0 Å². The van der Waals surface area contributed by atoms with Gasteiger partial charge in [-0.2, -0.15) is 0 Å². The highest BCUT2D eigenvalue weighted by Crippen LogP contribution is 2.32. The first kappa shape index (κ1) is 19.1. The van der Waals surface area contributed by atoms with E-state index in [4.69, 9.17) is 0 Å². The second-order valence-electron chi connectivity index (χ2n) is 7.86. The van der Waals surface area contributed by atoms with E-state index in [1.54, 1.807) is 15.8 Å². The Balaban J connectivity index is 1.44. The summed E-state index contributed by atoms with van der Waals surface area (Å²) in [5, 5.41) is 10.7. The van der Waals surface area contributed by atoms with Crippen molar-refractivity contribution in [3.63, 3.8) is 0 Å². The molecule has 2 aliphatic rings. The zero-order valence-corrected chi connectivity index (χ0v) is 16.7. The summed E-state index contributed by atoms with van der Waals surface area (Å²) in [6, 6.07) is 6.56. The van der Waals surface area contributed by atoms with Gasteiger partial charge in [0.15, 0.2) is 0 Å². The zero-order valence-electron chi connectivity index (χ0n) is 16.7. The topological polar surface area (TPSA) is 100 Å². The molecule has 2 atom stereocenters. The molecule has 2 aliphatic heterocycles. The first-order valence-electron chi connectivity index (χ1n) is 9.77. The third-order valence-corrected chi connectivity index (χ3v) is 5.38. The molecule has 0 spiro atoms. The number of urea groups is 1. The van der Waals surface area contributed by atoms with Crippen molar-refractivity contribution in [2.24, 2.45) is 0 Å². The second kappa shape index (κ2) is 7.31. The number of para-hydroxylation sites is 1. The molecule has 1 saturated heterocycles. The van der Waals surface area contributed by atoms with Crippen LogP contribution in [-0.4, -0.2) is 56.4 Å². The van der Waals surface area contributed by atoms with Gasteiger partial charge in [-0.05, 0) is 38.8 Å². The van der Waals surface area contributed by atoms with Gasteiger partial charge in [-0.3, -0.25) is 14.5 Å². The largest absolute Gasteiger partial charge is 0.325 e. The monoisotopic (exact) mass is 396 g/mol. The van der Waals surface area contributed by atoms with Crippen LogP contribution in [0.2, 0.25) is 0 Å². The summed E-state index contributed by atoms with van der Waals surface area (Å²) >= 11 is 0. The van der Waals surface area contributed by atoms with Crippen LogP contribution in [0.5, 0.6) is 0 Å². The number of nitrogens with one attached hydrogen (secondary N) is 1.